The molecule has 2 amide bonds. The molecule has 2 radical (unpaired) electrons. The van der Waals surface area contributed by atoms with Gasteiger partial charge >= 0.3 is 46.2 Å². The molecule has 0 aromatic heterocycles. The van der Waals surface area contributed by atoms with E-state index in [0.29, 0.717) is 64.2 Å². The topological polar surface area (TPSA) is 221 Å². The summed E-state index contributed by atoms with van der Waals surface area (Å²) in [6.07, 6.45) is 2.57. The Hall–Kier alpha value is 1.90. The quantitative estimate of drug-likeness (QED) is 0.0247. The van der Waals surface area contributed by atoms with Crippen molar-refractivity contribution in [3.05, 3.63) is 0 Å². The maximum absolute atomic E-state index is 13.3. The molecule has 0 aliphatic carbocycles. The molecule has 6 N–H and O–H groups in total. The van der Waals surface area contributed by atoms with Crippen molar-refractivity contribution in [3.8, 4) is 0 Å². The van der Waals surface area contributed by atoms with Gasteiger partial charge in [0.2, 0.25) is 11.8 Å². The Bertz CT molecular complexity index is 1780. The molecule has 17 nitrogen and oxygen atoms in total. The zero-order valence-electron chi connectivity index (χ0n) is 53.9. The molecule has 0 aliphatic heterocycles. The third-order valence-corrected chi connectivity index (χ3v) is 46.7. The summed E-state index contributed by atoms with van der Waals surface area (Å²) in [4.78, 5) is 50.3. The van der Waals surface area contributed by atoms with Gasteiger partial charge in [0.25, 0.3) is 0 Å². The van der Waals surface area contributed by atoms with Crippen molar-refractivity contribution in [2.24, 2.45) is 23.7 Å². The van der Waals surface area contributed by atoms with Crippen molar-refractivity contribution < 1.29 is 124 Å². The van der Waals surface area contributed by atoms with E-state index in [-0.39, 0.29) is 170 Å². The number of carbonyl (C=O) groups excluding carboxylic acids is 2. The van der Waals surface area contributed by atoms with Gasteiger partial charge in [0.05, 0.1) is 12.3 Å². The number of hydrogen-bond donors (Lipinski definition) is 6. The van der Waals surface area contributed by atoms with Crippen LogP contribution in [0.5, 0.6) is 0 Å². The van der Waals surface area contributed by atoms with E-state index in [9.17, 15) is 29.4 Å². The van der Waals surface area contributed by atoms with Gasteiger partial charge < -0.3 is 60.3 Å². The molecular weight excluding hydrogens is 1430 g/mol. The molecule has 0 rings (SSSR count). The molecule has 6 unspecified atom stereocenters. The minimum absolute atomic E-state index is 0. The van der Waals surface area contributed by atoms with Crippen molar-refractivity contribution >= 4 is 108 Å². The summed E-state index contributed by atoms with van der Waals surface area (Å²) in [6, 6.07) is 3.21. The molecule has 0 saturated heterocycles. The van der Waals surface area contributed by atoms with Gasteiger partial charge in [-0.1, -0.05) is 101 Å². The number of carbonyl (C=O) groups is 4. The first kappa shape index (κ1) is 120. The van der Waals surface area contributed by atoms with Crippen LogP contribution >= 0.6 is 0 Å². The van der Waals surface area contributed by atoms with Gasteiger partial charge in [-0.05, 0) is 219 Å². The average Bonchev–Trinajstić information content (AvgIpc) is 3.12. The molecule has 0 aliphatic rings. The van der Waals surface area contributed by atoms with Crippen LogP contribution in [0.3, 0.4) is 0 Å². The molecule has 29 heteroatoms. The van der Waals surface area contributed by atoms with E-state index < -0.39 is 108 Å². The molecular formula is C59H156N4O13Si10Y2. The second-order valence-electron chi connectivity index (χ2n) is 28.1. The number of carboxylic acid groups (broad SMARTS) is 2. The normalized spacial score (nSPS) is 14.5. The smallest absolute Gasteiger partial charge is 0.316 e. The first-order valence-electron chi connectivity index (χ1n) is 28.4. The summed E-state index contributed by atoms with van der Waals surface area (Å²) >= 11 is 0. The fraction of sp³-hybridized carbons (Fsp3) is 0.932. The van der Waals surface area contributed by atoms with Crippen LogP contribution in [0.1, 0.15) is 133 Å². The second kappa shape index (κ2) is 52.9. The van der Waals surface area contributed by atoms with Gasteiger partial charge in [-0.2, -0.15) is 0 Å². The molecule has 0 spiro atoms. The average molecular weight is 1590 g/mol. The van der Waals surface area contributed by atoms with Gasteiger partial charge in [-0.3, -0.25) is 19.2 Å². The van der Waals surface area contributed by atoms with Gasteiger partial charge in [-0.15, -0.1) is 0 Å². The van der Waals surface area contributed by atoms with Crippen LogP contribution in [0.25, 0.3) is 0 Å². The van der Waals surface area contributed by atoms with E-state index in [4.69, 9.17) is 28.8 Å². The van der Waals surface area contributed by atoms with Crippen molar-refractivity contribution in [1.82, 2.24) is 21.3 Å². The van der Waals surface area contributed by atoms with E-state index >= 15 is 0 Å². The SMILES string of the molecule is C.C.C.C.C.C.C.C.C.C.CC(CNCCCNC(=O)C(CCC[Si](C)(C)O[Si](C)(C)CCCC(CC(=O)NCCNCC(C)C[Si](C)(O[Si](C)(C)C)O[Si](C)(C)O[Si](C)(C)C)C(=O)O)CC(=O)O)C[Si](C)(O[Si](C)(C)C)O[Si](C)(C)O[Si](C)(C)C.[Y].[Y]. The van der Waals surface area contributed by atoms with Crippen molar-refractivity contribution in [2.45, 2.75) is 301 Å². The van der Waals surface area contributed by atoms with Crippen molar-refractivity contribution in [3.63, 3.8) is 0 Å². The number of rotatable bonds is 43. The summed E-state index contributed by atoms with van der Waals surface area (Å²) < 4.78 is 47.2. The summed E-state index contributed by atoms with van der Waals surface area (Å²) in [6.45, 7) is 56.0. The van der Waals surface area contributed by atoms with Crippen LogP contribution in [-0.4, -0.2) is 157 Å². The predicted molar refractivity (Wildman–Crippen MR) is 405 cm³/mol. The maximum Gasteiger partial charge on any atom is 0.316 e. The summed E-state index contributed by atoms with van der Waals surface area (Å²) in [5.41, 5.74) is 0. The first-order chi connectivity index (χ1) is 34.0. The Morgan fingerprint density at radius 1 is 0.398 bits per heavy atom. The van der Waals surface area contributed by atoms with Crippen molar-refractivity contribution in [2.75, 3.05) is 39.3 Å². The molecule has 0 saturated carbocycles. The fourth-order valence-electron chi connectivity index (χ4n) is 10.6. The maximum atomic E-state index is 13.3. The van der Waals surface area contributed by atoms with Gasteiger partial charge in [-0.25, -0.2) is 0 Å². The third kappa shape index (κ3) is 65.2. The van der Waals surface area contributed by atoms with E-state index in [1.165, 1.54) is 0 Å². The molecule has 0 bridgehead atoms. The van der Waals surface area contributed by atoms with E-state index in [1.54, 1.807) is 0 Å². The molecule has 0 aromatic rings. The zero-order chi connectivity index (χ0) is 59.4. The molecule has 0 fully saturated rings. The second-order valence-corrected chi connectivity index (χ2v) is 69.7. The number of aliphatic carboxylic acids is 2. The van der Waals surface area contributed by atoms with Crippen LogP contribution in [-0.2, 0) is 113 Å². The molecule has 0 heterocycles. The van der Waals surface area contributed by atoms with Crippen LogP contribution in [0.2, 0.25) is 168 Å². The third-order valence-electron chi connectivity index (χ3n) is 11.7. The van der Waals surface area contributed by atoms with Crippen molar-refractivity contribution in [1.29, 1.82) is 0 Å². The van der Waals surface area contributed by atoms with Crippen LogP contribution in [0, 0.1) is 23.7 Å². The molecule has 536 valence electrons. The standard InChI is InChI=1S/C49H116N4O13Si10.10CH4.2Y/c1-42(40-75(23,62-69(9,10)11)65-73(19,20)60-67(3,4)5)38-50-30-27-31-53-48(57)44(37-47(55)56)28-25-34-71(15,16)64-72(17,18)35-26-29-45(49(58)59)36-46(54)52-33-32-51-39-43(2)41-76(24,63-70(12,13)14)66-74(21,22)61-68(6,7)8;;;;;;;;;;;;/h42-45,50-51H,25-41H2,1-24H3,(H,52,54)(H,53,57)(H,55,56)(H,58,59);10*1H4;;. The Morgan fingerprint density at radius 3 is 1.07 bits per heavy atom. The van der Waals surface area contributed by atoms with E-state index in [0.717, 1.165) is 37.3 Å². The minimum atomic E-state index is -2.56. The first-order valence-corrected chi connectivity index (χ1v) is 58.9. The van der Waals surface area contributed by atoms with Gasteiger partial charge in [0.1, 0.15) is 0 Å². The number of nitrogens with one attached hydrogen (secondary N) is 4. The van der Waals surface area contributed by atoms with Crippen LogP contribution < -0.4 is 21.3 Å². The number of amides is 2. The molecule has 6 atom stereocenters. The summed E-state index contributed by atoms with van der Waals surface area (Å²) in [5.74, 6) is -3.28. The number of hydrogen-bond acceptors (Lipinski definition) is 13. The van der Waals surface area contributed by atoms with Crippen LogP contribution in [0.15, 0.2) is 0 Å². The predicted octanol–water partition coefficient (Wildman–Crippen LogP) is 17.6. The Labute approximate surface area is 610 Å². The Kier molecular flexibility index (Phi) is 72.3. The Balaban J connectivity index is -0.000000426. The summed E-state index contributed by atoms with van der Waals surface area (Å²) in [5, 5.41) is 32.6. The fourth-order valence-corrected chi connectivity index (χ4v) is 56.3. The zero-order valence-corrected chi connectivity index (χ0v) is 69.5. The summed E-state index contributed by atoms with van der Waals surface area (Å²) in [7, 11) is -21.6. The number of carboxylic acids is 2. The van der Waals surface area contributed by atoms with Crippen LogP contribution in [0.4, 0.5) is 0 Å². The van der Waals surface area contributed by atoms with E-state index in [2.05, 4.69) is 179 Å². The largest absolute Gasteiger partial charge is 0.481 e. The minimum Gasteiger partial charge on any atom is -0.481 e. The van der Waals surface area contributed by atoms with E-state index in [1.807, 2.05) is 0 Å². The van der Waals surface area contributed by atoms with Gasteiger partial charge in [0, 0.05) is 97.4 Å². The Morgan fingerprint density at radius 2 is 0.739 bits per heavy atom. The molecule has 88 heavy (non-hydrogen) atoms. The molecule has 0 aromatic carbocycles. The monoisotopic (exact) mass is 1590 g/mol. The van der Waals surface area contributed by atoms with Gasteiger partial charge in [0.15, 0.2) is 49.9 Å².